The molecule has 1 rings (SSSR count). The average Bonchev–Trinajstić information content (AvgIpc) is 2.26. The molecule has 0 saturated carbocycles. The van der Waals surface area contributed by atoms with Crippen LogP contribution in [0.15, 0.2) is 4.99 Å². The highest BCUT2D eigenvalue weighted by atomic mass is 15.1. The van der Waals surface area contributed by atoms with Gasteiger partial charge in [-0.3, -0.25) is 4.99 Å². The molecule has 0 aromatic heterocycles. The number of nitrogens with one attached hydrogen (secondary N) is 1. The minimum Gasteiger partial charge on any atom is -0.373 e. The first kappa shape index (κ1) is 11.5. The van der Waals surface area contributed by atoms with Crippen molar-refractivity contribution >= 4 is 5.84 Å². The van der Waals surface area contributed by atoms with Crippen LogP contribution in [0.2, 0.25) is 0 Å². The first-order valence-electron chi connectivity index (χ1n) is 5.86. The minimum atomic E-state index is 1.02. The lowest BCUT2D eigenvalue weighted by molar-refractivity contribution is 0.308. The highest BCUT2D eigenvalue weighted by Crippen LogP contribution is 2.03. The molecular weight excluding hydrogens is 174 g/mol. The molecule has 0 saturated heterocycles. The molecular formula is C11H23N3. The maximum atomic E-state index is 4.46. The molecule has 3 nitrogen and oxygen atoms in total. The smallest absolute Gasteiger partial charge is 0.0963 e. The van der Waals surface area contributed by atoms with Gasteiger partial charge in [0, 0.05) is 26.1 Å². The van der Waals surface area contributed by atoms with Crippen LogP contribution in [-0.2, 0) is 0 Å². The van der Waals surface area contributed by atoms with Gasteiger partial charge in [0.15, 0.2) is 0 Å². The van der Waals surface area contributed by atoms with Crippen molar-refractivity contribution in [3.8, 4) is 0 Å². The second kappa shape index (κ2) is 6.82. The van der Waals surface area contributed by atoms with E-state index in [4.69, 9.17) is 0 Å². The van der Waals surface area contributed by atoms with Crippen molar-refractivity contribution in [1.29, 1.82) is 0 Å². The summed E-state index contributed by atoms with van der Waals surface area (Å²) in [4.78, 5) is 6.89. The van der Waals surface area contributed by atoms with Gasteiger partial charge in [0.1, 0.15) is 0 Å². The molecule has 0 atom stereocenters. The molecule has 1 N–H and O–H groups in total. The standard InChI is InChI=1S/C11H23N3/c1-3-14(4-2)10-9-13-11-7-5-6-8-12-11/h3-10H2,1-2H3,(H,12,13). The van der Waals surface area contributed by atoms with Gasteiger partial charge in [-0.2, -0.15) is 0 Å². The highest BCUT2D eigenvalue weighted by molar-refractivity contribution is 5.82. The van der Waals surface area contributed by atoms with Crippen LogP contribution in [0.5, 0.6) is 0 Å². The third kappa shape index (κ3) is 4.09. The van der Waals surface area contributed by atoms with E-state index in [0.717, 1.165) is 39.1 Å². The fourth-order valence-corrected chi connectivity index (χ4v) is 1.74. The summed E-state index contributed by atoms with van der Waals surface area (Å²) >= 11 is 0. The number of aliphatic imine (C=N–C) groups is 1. The Morgan fingerprint density at radius 2 is 2.07 bits per heavy atom. The molecule has 1 heterocycles. The Labute approximate surface area is 87.6 Å². The summed E-state index contributed by atoms with van der Waals surface area (Å²) in [6.45, 7) is 9.90. The van der Waals surface area contributed by atoms with E-state index in [1.807, 2.05) is 0 Å². The highest BCUT2D eigenvalue weighted by Gasteiger charge is 2.04. The quantitative estimate of drug-likeness (QED) is 0.723. The molecule has 0 fully saturated rings. The van der Waals surface area contributed by atoms with Crippen LogP contribution in [0.3, 0.4) is 0 Å². The molecule has 0 aromatic rings. The number of rotatable bonds is 5. The molecule has 14 heavy (non-hydrogen) atoms. The van der Waals surface area contributed by atoms with Crippen molar-refractivity contribution < 1.29 is 0 Å². The second-order valence-electron chi connectivity index (χ2n) is 3.74. The van der Waals surface area contributed by atoms with Crippen LogP contribution in [0.4, 0.5) is 0 Å². The number of amidine groups is 1. The molecule has 0 aliphatic carbocycles. The van der Waals surface area contributed by atoms with Crippen LogP contribution in [0.25, 0.3) is 0 Å². The first-order chi connectivity index (χ1) is 6.86. The summed E-state index contributed by atoms with van der Waals surface area (Å²) < 4.78 is 0. The van der Waals surface area contributed by atoms with Gasteiger partial charge in [-0.25, -0.2) is 0 Å². The summed E-state index contributed by atoms with van der Waals surface area (Å²) in [5, 5.41) is 3.43. The Morgan fingerprint density at radius 1 is 1.29 bits per heavy atom. The predicted octanol–water partition coefficient (Wildman–Crippen LogP) is 1.50. The van der Waals surface area contributed by atoms with Crippen molar-refractivity contribution in [3.63, 3.8) is 0 Å². The lowest BCUT2D eigenvalue weighted by Gasteiger charge is -2.20. The molecule has 0 spiro atoms. The Kier molecular flexibility index (Phi) is 5.60. The third-order valence-electron chi connectivity index (χ3n) is 2.78. The monoisotopic (exact) mass is 197 g/mol. The maximum Gasteiger partial charge on any atom is 0.0963 e. The van der Waals surface area contributed by atoms with E-state index in [2.05, 4.69) is 29.1 Å². The summed E-state index contributed by atoms with van der Waals surface area (Å²) in [6, 6.07) is 0. The minimum absolute atomic E-state index is 1.02. The molecule has 1 aliphatic rings. The van der Waals surface area contributed by atoms with Gasteiger partial charge in [0.25, 0.3) is 0 Å². The van der Waals surface area contributed by atoms with E-state index in [9.17, 15) is 0 Å². The third-order valence-corrected chi connectivity index (χ3v) is 2.78. The molecule has 0 unspecified atom stereocenters. The van der Waals surface area contributed by atoms with E-state index >= 15 is 0 Å². The van der Waals surface area contributed by atoms with Gasteiger partial charge in [-0.15, -0.1) is 0 Å². The van der Waals surface area contributed by atoms with Crippen LogP contribution in [0, 0.1) is 0 Å². The number of hydrogen-bond acceptors (Lipinski definition) is 3. The zero-order valence-electron chi connectivity index (χ0n) is 9.55. The van der Waals surface area contributed by atoms with E-state index in [-0.39, 0.29) is 0 Å². The van der Waals surface area contributed by atoms with Crippen molar-refractivity contribution in [2.45, 2.75) is 33.1 Å². The zero-order valence-corrected chi connectivity index (χ0v) is 9.55. The van der Waals surface area contributed by atoms with E-state index in [1.165, 1.54) is 18.7 Å². The van der Waals surface area contributed by atoms with Crippen LogP contribution >= 0.6 is 0 Å². The fourth-order valence-electron chi connectivity index (χ4n) is 1.74. The summed E-state index contributed by atoms with van der Waals surface area (Å²) in [7, 11) is 0. The van der Waals surface area contributed by atoms with Gasteiger partial charge < -0.3 is 10.2 Å². The average molecular weight is 197 g/mol. The predicted molar refractivity (Wildman–Crippen MR) is 61.9 cm³/mol. The maximum absolute atomic E-state index is 4.46. The summed E-state index contributed by atoms with van der Waals surface area (Å²) in [5.74, 6) is 1.23. The Bertz CT molecular complexity index is 173. The lowest BCUT2D eigenvalue weighted by Crippen LogP contribution is -2.35. The number of nitrogens with zero attached hydrogens (tertiary/aromatic N) is 2. The first-order valence-corrected chi connectivity index (χ1v) is 5.86. The molecule has 0 aromatic carbocycles. The largest absolute Gasteiger partial charge is 0.373 e. The Balaban J connectivity index is 2.10. The van der Waals surface area contributed by atoms with Crippen LogP contribution in [-0.4, -0.2) is 43.5 Å². The fraction of sp³-hybridized carbons (Fsp3) is 0.909. The van der Waals surface area contributed by atoms with Gasteiger partial charge >= 0.3 is 0 Å². The topological polar surface area (TPSA) is 27.6 Å². The molecule has 3 heteroatoms. The molecule has 0 radical (unpaired) electrons. The van der Waals surface area contributed by atoms with E-state index < -0.39 is 0 Å². The van der Waals surface area contributed by atoms with E-state index in [0.29, 0.717) is 0 Å². The van der Waals surface area contributed by atoms with Crippen molar-refractivity contribution in [2.75, 3.05) is 32.7 Å². The number of likely N-dealkylation sites (N-methyl/N-ethyl adjacent to an activating group) is 1. The normalized spacial score (nSPS) is 16.9. The Hall–Kier alpha value is -0.570. The van der Waals surface area contributed by atoms with Crippen molar-refractivity contribution in [3.05, 3.63) is 0 Å². The summed E-state index contributed by atoms with van der Waals surface area (Å²) in [6.07, 6.45) is 3.72. The second-order valence-corrected chi connectivity index (χ2v) is 3.74. The van der Waals surface area contributed by atoms with Crippen LogP contribution in [0.1, 0.15) is 33.1 Å². The number of hydrogen-bond donors (Lipinski definition) is 1. The van der Waals surface area contributed by atoms with Crippen molar-refractivity contribution in [1.82, 2.24) is 10.2 Å². The zero-order chi connectivity index (χ0) is 10.2. The van der Waals surface area contributed by atoms with E-state index in [1.54, 1.807) is 0 Å². The molecule has 82 valence electrons. The van der Waals surface area contributed by atoms with Gasteiger partial charge in [-0.1, -0.05) is 13.8 Å². The SMILES string of the molecule is CCN(CC)CCNC1=NCCCC1. The molecule has 0 bridgehead atoms. The van der Waals surface area contributed by atoms with Crippen LogP contribution < -0.4 is 5.32 Å². The molecule has 0 amide bonds. The van der Waals surface area contributed by atoms with Crippen molar-refractivity contribution in [2.24, 2.45) is 4.99 Å². The van der Waals surface area contributed by atoms with Gasteiger partial charge in [0.05, 0.1) is 5.84 Å². The van der Waals surface area contributed by atoms with Gasteiger partial charge in [0.2, 0.25) is 0 Å². The lowest BCUT2D eigenvalue weighted by atomic mass is 10.2. The van der Waals surface area contributed by atoms with Gasteiger partial charge in [-0.05, 0) is 25.9 Å². The summed E-state index contributed by atoms with van der Waals surface area (Å²) in [5.41, 5.74) is 0. The molecule has 1 aliphatic heterocycles. The Morgan fingerprint density at radius 3 is 2.64 bits per heavy atom.